The van der Waals surface area contributed by atoms with Gasteiger partial charge < -0.3 is 10.3 Å². The summed E-state index contributed by atoms with van der Waals surface area (Å²) in [6.07, 6.45) is 11.2. The Morgan fingerprint density at radius 2 is 2.11 bits per heavy atom. The molecule has 0 aliphatic carbocycles. The summed E-state index contributed by atoms with van der Waals surface area (Å²) < 4.78 is 23.4. The minimum Gasteiger partial charge on any atom is -0.361 e. The van der Waals surface area contributed by atoms with Gasteiger partial charge in [-0.25, -0.2) is 8.42 Å². The maximum atomic E-state index is 11.7. The zero-order valence-electron chi connectivity index (χ0n) is 16.1. The Hall–Kier alpha value is -1.89. The van der Waals surface area contributed by atoms with Crippen molar-refractivity contribution in [2.75, 3.05) is 12.8 Å². The Labute approximate surface area is 170 Å². The van der Waals surface area contributed by atoms with Crippen LogP contribution in [0.4, 0.5) is 0 Å². The Bertz CT molecular complexity index is 1080. The molecule has 1 aliphatic rings. The maximum Gasteiger partial charge on any atom is 0.175 e. The van der Waals surface area contributed by atoms with Crippen molar-refractivity contribution in [1.29, 1.82) is 0 Å². The van der Waals surface area contributed by atoms with Crippen molar-refractivity contribution in [1.82, 2.24) is 10.3 Å². The molecule has 0 amide bonds. The summed E-state index contributed by atoms with van der Waals surface area (Å²) in [4.78, 5) is 5.00. The van der Waals surface area contributed by atoms with Crippen LogP contribution in [0.3, 0.4) is 0 Å². The van der Waals surface area contributed by atoms with Gasteiger partial charge in [0.15, 0.2) is 9.84 Å². The molecular formula is C22H26N2O2S2. The first-order valence-electron chi connectivity index (χ1n) is 9.77. The van der Waals surface area contributed by atoms with Crippen LogP contribution in [0.5, 0.6) is 0 Å². The quantitative estimate of drug-likeness (QED) is 0.546. The third-order valence-electron chi connectivity index (χ3n) is 5.47. The van der Waals surface area contributed by atoms with Crippen molar-refractivity contribution in [2.24, 2.45) is 0 Å². The average Bonchev–Trinajstić information content (AvgIpc) is 3.35. The fourth-order valence-electron chi connectivity index (χ4n) is 3.95. The molecule has 6 heteroatoms. The largest absolute Gasteiger partial charge is 0.361 e. The first kappa shape index (κ1) is 19.4. The summed E-state index contributed by atoms with van der Waals surface area (Å²) >= 11 is 1.82. The van der Waals surface area contributed by atoms with E-state index in [1.807, 2.05) is 23.6 Å². The molecule has 4 nitrogen and oxygen atoms in total. The third kappa shape index (κ3) is 4.40. The minimum absolute atomic E-state index is 0.367. The number of thiophene rings is 1. The van der Waals surface area contributed by atoms with E-state index in [0.29, 0.717) is 10.9 Å². The zero-order chi connectivity index (χ0) is 19.6. The molecule has 0 bridgehead atoms. The lowest BCUT2D eigenvalue weighted by Crippen LogP contribution is -2.32. The van der Waals surface area contributed by atoms with E-state index in [9.17, 15) is 8.42 Å². The third-order valence-corrected chi connectivity index (χ3v) is 7.53. The topological polar surface area (TPSA) is 62.0 Å². The molecule has 2 N–H and O–H groups in total. The second-order valence-corrected chi connectivity index (χ2v) is 10.5. The van der Waals surface area contributed by atoms with Gasteiger partial charge in [-0.05, 0) is 60.4 Å². The van der Waals surface area contributed by atoms with Crippen LogP contribution in [0, 0.1) is 0 Å². The number of unbranched alkanes of at least 4 members (excludes halogenated alkanes) is 1. The van der Waals surface area contributed by atoms with Crippen LogP contribution in [0.2, 0.25) is 0 Å². The highest BCUT2D eigenvalue weighted by Crippen LogP contribution is 2.28. The highest BCUT2D eigenvalue weighted by atomic mass is 32.2. The number of sulfone groups is 1. The van der Waals surface area contributed by atoms with E-state index >= 15 is 0 Å². The van der Waals surface area contributed by atoms with E-state index in [1.165, 1.54) is 35.1 Å². The van der Waals surface area contributed by atoms with Gasteiger partial charge in [-0.3, -0.25) is 0 Å². The van der Waals surface area contributed by atoms with Gasteiger partial charge >= 0.3 is 0 Å². The summed E-state index contributed by atoms with van der Waals surface area (Å²) in [5.41, 5.74) is 3.65. The molecule has 1 aliphatic heterocycles. The molecule has 1 atom stereocenters. The van der Waals surface area contributed by atoms with Gasteiger partial charge in [0.25, 0.3) is 0 Å². The SMILES string of the molecule is CS(=O)(=O)c1ccc2c(CCCCC3CC(c4cccs4)=CCN3)c[nH]c2c1. The molecule has 4 rings (SSSR count). The summed E-state index contributed by atoms with van der Waals surface area (Å²) in [6.45, 7) is 0.961. The number of aromatic amines is 1. The highest BCUT2D eigenvalue weighted by molar-refractivity contribution is 7.90. The van der Waals surface area contributed by atoms with Crippen molar-refractivity contribution in [3.05, 3.63) is 58.4 Å². The van der Waals surface area contributed by atoms with E-state index in [4.69, 9.17) is 0 Å². The number of rotatable bonds is 7. The number of aryl methyl sites for hydroxylation is 1. The molecule has 0 saturated heterocycles. The smallest absolute Gasteiger partial charge is 0.175 e. The minimum atomic E-state index is -3.17. The number of fused-ring (bicyclic) bond motifs is 1. The Kier molecular flexibility index (Phi) is 5.71. The van der Waals surface area contributed by atoms with Crippen LogP contribution in [0.25, 0.3) is 16.5 Å². The normalized spacial score (nSPS) is 17.8. The fourth-order valence-corrected chi connectivity index (χ4v) is 5.37. The summed E-state index contributed by atoms with van der Waals surface area (Å²) in [5.74, 6) is 0. The van der Waals surface area contributed by atoms with E-state index in [-0.39, 0.29) is 0 Å². The van der Waals surface area contributed by atoms with Crippen LogP contribution in [0.1, 0.15) is 36.1 Å². The lowest BCUT2D eigenvalue weighted by atomic mass is 9.95. The Balaban J connectivity index is 1.30. The monoisotopic (exact) mass is 414 g/mol. The van der Waals surface area contributed by atoms with Crippen molar-refractivity contribution < 1.29 is 8.42 Å². The molecule has 1 unspecified atom stereocenters. The van der Waals surface area contributed by atoms with Crippen molar-refractivity contribution >= 4 is 37.7 Å². The Morgan fingerprint density at radius 3 is 2.89 bits per heavy atom. The van der Waals surface area contributed by atoms with Crippen molar-refractivity contribution in [2.45, 2.75) is 43.0 Å². The lowest BCUT2D eigenvalue weighted by Gasteiger charge is -2.24. The first-order valence-corrected chi connectivity index (χ1v) is 12.5. The number of hydrogen-bond donors (Lipinski definition) is 2. The molecule has 3 heterocycles. The number of aromatic nitrogens is 1. The molecule has 0 fully saturated rings. The summed E-state index contributed by atoms with van der Waals surface area (Å²) in [6, 6.07) is 10.3. The van der Waals surface area contributed by atoms with Gasteiger partial charge in [-0.1, -0.05) is 24.6 Å². The molecular weight excluding hydrogens is 388 g/mol. The first-order chi connectivity index (χ1) is 13.5. The molecule has 28 heavy (non-hydrogen) atoms. The fraction of sp³-hybridized carbons (Fsp3) is 0.364. The van der Waals surface area contributed by atoms with Crippen LogP contribution in [-0.2, 0) is 16.3 Å². The van der Waals surface area contributed by atoms with E-state index in [2.05, 4.69) is 33.9 Å². The van der Waals surface area contributed by atoms with Crippen LogP contribution < -0.4 is 5.32 Å². The zero-order valence-corrected chi connectivity index (χ0v) is 17.7. The number of hydrogen-bond acceptors (Lipinski definition) is 4. The molecule has 3 aromatic rings. The number of benzene rings is 1. The van der Waals surface area contributed by atoms with Gasteiger partial charge in [-0.15, -0.1) is 11.3 Å². The second-order valence-electron chi connectivity index (χ2n) is 7.56. The van der Waals surface area contributed by atoms with E-state index in [0.717, 1.165) is 36.7 Å². The van der Waals surface area contributed by atoms with Crippen molar-refractivity contribution in [3.63, 3.8) is 0 Å². The standard InChI is InChI=1S/C22H26N2O2S2/c1-28(25,26)19-8-9-20-17(15-24-21(20)14-19)5-2-3-6-18-13-16(10-11-23-18)22-7-4-12-27-22/h4,7-10,12,14-15,18,23-24H,2-3,5-6,11,13H2,1H3. The van der Waals surface area contributed by atoms with Crippen LogP contribution >= 0.6 is 11.3 Å². The van der Waals surface area contributed by atoms with Crippen LogP contribution in [-0.4, -0.2) is 32.2 Å². The van der Waals surface area contributed by atoms with E-state index in [1.54, 1.807) is 12.1 Å². The second kappa shape index (κ2) is 8.23. The Morgan fingerprint density at radius 1 is 1.21 bits per heavy atom. The lowest BCUT2D eigenvalue weighted by molar-refractivity contribution is 0.477. The molecule has 0 saturated carbocycles. The van der Waals surface area contributed by atoms with Crippen LogP contribution in [0.15, 0.2) is 52.9 Å². The maximum absolute atomic E-state index is 11.7. The predicted octanol–water partition coefficient (Wildman–Crippen LogP) is 4.79. The highest BCUT2D eigenvalue weighted by Gasteiger charge is 2.16. The average molecular weight is 415 g/mol. The molecule has 1 aromatic carbocycles. The van der Waals surface area contributed by atoms with Gasteiger partial charge in [0.1, 0.15) is 0 Å². The number of H-pyrrole nitrogens is 1. The van der Waals surface area contributed by atoms with Gasteiger partial charge in [-0.2, -0.15) is 0 Å². The number of nitrogens with one attached hydrogen (secondary N) is 2. The molecule has 148 valence electrons. The van der Waals surface area contributed by atoms with Gasteiger partial charge in [0, 0.05) is 40.8 Å². The summed E-state index contributed by atoms with van der Waals surface area (Å²) in [7, 11) is -3.17. The summed E-state index contributed by atoms with van der Waals surface area (Å²) in [5, 5.41) is 6.90. The van der Waals surface area contributed by atoms with Gasteiger partial charge in [0.05, 0.1) is 4.90 Å². The predicted molar refractivity (Wildman–Crippen MR) is 118 cm³/mol. The molecule has 0 radical (unpaired) electrons. The molecule has 2 aromatic heterocycles. The van der Waals surface area contributed by atoms with Crippen molar-refractivity contribution in [3.8, 4) is 0 Å². The molecule has 0 spiro atoms. The van der Waals surface area contributed by atoms with E-state index < -0.39 is 9.84 Å². The van der Waals surface area contributed by atoms with Gasteiger partial charge in [0.2, 0.25) is 0 Å².